The largest absolute Gasteiger partial charge is 0.445 e. The topological polar surface area (TPSA) is 41.6 Å². The van der Waals surface area contributed by atoms with Gasteiger partial charge >= 0.3 is 6.09 Å². The Morgan fingerprint density at radius 3 is 2.43 bits per heavy atom. The quantitative estimate of drug-likeness (QED) is 0.905. The summed E-state index contributed by atoms with van der Waals surface area (Å²) in [4.78, 5) is 13.8. The van der Waals surface area contributed by atoms with Crippen molar-refractivity contribution in [3.63, 3.8) is 0 Å². The summed E-state index contributed by atoms with van der Waals surface area (Å²) in [6, 6.07) is 5.17. The van der Waals surface area contributed by atoms with Crippen molar-refractivity contribution in [2.75, 3.05) is 26.2 Å². The highest BCUT2D eigenvalue weighted by Gasteiger charge is 2.45. The first-order chi connectivity index (χ1) is 10.1. The molecule has 114 valence electrons. The van der Waals surface area contributed by atoms with Crippen LogP contribution in [0.5, 0.6) is 0 Å². The normalized spacial score (nSPS) is 20.2. The molecular weight excluding hydrogens is 311 g/mol. The van der Waals surface area contributed by atoms with E-state index in [9.17, 15) is 4.79 Å². The molecule has 3 rings (SSSR count). The lowest BCUT2D eigenvalue weighted by Crippen LogP contribution is -2.61. The van der Waals surface area contributed by atoms with Gasteiger partial charge in [0, 0.05) is 28.5 Å². The number of hydrogen-bond acceptors (Lipinski definition) is 3. The Morgan fingerprint density at radius 2 is 1.81 bits per heavy atom. The van der Waals surface area contributed by atoms with Crippen molar-refractivity contribution in [2.45, 2.75) is 19.4 Å². The number of amides is 1. The average molecular weight is 329 g/mol. The van der Waals surface area contributed by atoms with Crippen LogP contribution in [0.3, 0.4) is 0 Å². The van der Waals surface area contributed by atoms with E-state index in [2.05, 4.69) is 5.32 Å². The van der Waals surface area contributed by atoms with Crippen molar-refractivity contribution in [2.24, 2.45) is 5.41 Å². The summed E-state index contributed by atoms with van der Waals surface area (Å²) in [5.41, 5.74) is 1.13. The third-order valence-electron chi connectivity index (χ3n) is 4.26. The Balaban J connectivity index is 1.49. The number of piperidine rings is 1. The van der Waals surface area contributed by atoms with Gasteiger partial charge < -0.3 is 15.0 Å². The number of nitrogens with one attached hydrogen (secondary N) is 1. The zero-order valence-electron chi connectivity index (χ0n) is 11.7. The van der Waals surface area contributed by atoms with Crippen LogP contribution in [0.1, 0.15) is 18.4 Å². The fourth-order valence-corrected chi connectivity index (χ4v) is 3.67. The molecule has 2 aliphatic heterocycles. The molecule has 2 aliphatic rings. The van der Waals surface area contributed by atoms with Gasteiger partial charge in [0.25, 0.3) is 0 Å². The Labute approximate surface area is 134 Å². The number of nitrogens with zero attached hydrogens (tertiary/aromatic N) is 1. The van der Waals surface area contributed by atoms with Crippen LogP contribution in [0.2, 0.25) is 10.0 Å². The fourth-order valence-electron chi connectivity index (χ4n) is 3.10. The molecule has 1 spiro atoms. The molecule has 1 aromatic rings. The number of halogens is 2. The second-order valence-corrected chi connectivity index (χ2v) is 6.81. The van der Waals surface area contributed by atoms with Crippen LogP contribution < -0.4 is 5.32 Å². The van der Waals surface area contributed by atoms with E-state index < -0.39 is 0 Å². The predicted molar refractivity (Wildman–Crippen MR) is 82.8 cm³/mol. The van der Waals surface area contributed by atoms with Gasteiger partial charge in [0.15, 0.2) is 0 Å². The first-order valence-corrected chi connectivity index (χ1v) is 7.89. The Morgan fingerprint density at radius 1 is 1.19 bits per heavy atom. The van der Waals surface area contributed by atoms with Crippen LogP contribution in [0.15, 0.2) is 18.2 Å². The fraction of sp³-hybridized carbons (Fsp3) is 0.533. The molecule has 1 aromatic carbocycles. The van der Waals surface area contributed by atoms with E-state index >= 15 is 0 Å². The number of hydrogen-bond donors (Lipinski definition) is 1. The van der Waals surface area contributed by atoms with Crippen molar-refractivity contribution in [3.05, 3.63) is 33.8 Å². The highest BCUT2D eigenvalue weighted by atomic mass is 35.5. The number of rotatable bonds is 2. The van der Waals surface area contributed by atoms with E-state index in [0.29, 0.717) is 15.5 Å². The molecule has 4 nitrogen and oxygen atoms in total. The van der Waals surface area contributed by atoms with E-state index in [4.69, 9.17) is 27.9 Å². The second kappa shape index (κ2) is 6.03. The highest BCUT2D eigenvalue weighted by Crippen LogP contribution is 2.38. The van der Waals surface area contributed by atoms with E-state index in [-0.39, 0.29) is 12.7 Å². The van der Waals surface area contributed by atoms with Crippen LogP contribution in [0.4, 0.5) is 4.79 Å². The zero-order chi connectivity index (χ0) is 14.9. The van der Waals surface area contributed by atoms with Gasteiger partial charge in [0.2, 0.25) is 0 Å². The summed E-state index contributed by atoms with van der Waals surface area (Å²) in [5, 5.41) is 4.44. The summed E-state index contributed by atoms with van der Waals surface area (Å²) in [5.74, 6) is 0. The minimum atomic E-state index is -0.254. The summed E-state index contributed by atoms with van der Waals surface area (Å²) in [7, 11) is 0. The number of ether oxygens (including phenoxy) is 1. The van der Waals surface area contributed by atoms with Gasteiger partial charge in [-0.05, 0) is 49.7 Å². The van der Waals surface area contributed by atoms with E-state index in [1.807, 2.05) is 0 Å². The van der Waals surface area contributed by atoms with Crippen LogP contribution >= 0.6 is 23.2 Å². The predicted octanol–water partition coefficient (Wildman–Crippen LogP) is 3.32. The third kappa shape index (κ3) is 3.44. The Kier molecular flexibility index (Phi) is 4.29. The summed E-state index contributed by atoms with van der Waals surface area (Å²) >= 11 is 11.8. The second-order valence-electron chi connectivity index (χ2n) is 5.94. The van der Waals surface area contributed by atoms with Crippen LogP contribution in [0, 0.1) is 5.41 Å². The Bertz CT molecular complexity index is 516. The van der Waals surface area contributed by atoms with Gasteiger partial charge in [-0.25, -0.2) is 4.79 Å². The number of carbonyl (C=O) groups is 1. The average Bonchev–Trinajstić information content (AvgIpc) is 2.42. The lowest BCUT2D eigenvalue weighted by atomic mass is 9.73. The van der Waals surface area contributed by atoms with Gasteiger partial charge in [-0.1, -0.05) is 23.2 Å². The lowest BCUT2D eigenvalue weighted by molar-refractivity contribution is -0.0232. The summed E-state index contributed by atoms with van der Waals surface area (Å²) in [6.07, 6.45) is 2.02. The number of likely N-dealkylation sites (tertiary alicyclic amines) is 1. The monoisotopic (exact) mass is 328 g/mol. The molecule has 0 aliphatic carbocycles. The molecule has 0 bridgehead atoms. The summed E-state index contributed by atoms with van der Waals surface area (Å²) < 4.78 is 5.33. The van der Waals surface area contributed by atoms with E-state index in [1.54, 1.807) is 23.1 Å². The van der Waals surface area contributed by atoms with Gasteiger partial charge in [-0.3, -0.25) is 0 Å². The minimum absolute atomic E-state index is 0.199. The van der Waals surface area contributed by atoms with Crippen LogP contribution in [-0.2, 0) is 11.3 Å². The number of carbonyl (C=O) groups excluding carboxylic acids is 1. The molecular formula is C15H18Cl2N2O2. The van der Waals surface area contributed by atoms with Crippen molar-refractivity contribution in [1.82, 2.24) is 10.2 Å². The van der Waals surface area contributed by atoms with Gasteiger partial charge in [-0.2, -0.15) is 0 Å². The van der Waals surface area contributed by atoms with Gasteiger partial charge in [0.05, 0.1) is 0 Å². The van der Waals surface area contributed by atoms with Crippen molar-refractivity contribution in [3.8, 4) is 0 Å². The first-order valence-electron chi connectivity index (χ1n) is 7.14. The van der Waals surface area contributed by atoms with Crippen molar-refractivity contribution >= 4 is 29.3 Å². The lowest BCUT2D eigenvalue weighted by Gasteiger charge is -2.51. The smallest absolute Gasteiger partial charge is 0.410 e. The highest BCUT2D eigenvalue weighted by molar-refractivity contribution is 6.34. The molecule has 2 saturated heterocycles. The molecule has 6 heteroatoms. The molecule has 21 heavy (non-hydrogen) atoms. The first kappa shape index (κ1) is 14.9. The molecule has 0 unspecified atom stereocenters. The summed E-state index contributed by atoms with van der Waals surface area (Å²) in [6.45, 7) is 3.91. The standard InChI is InChI=1S/C15H18Cl2N2O2/c16-12-5-11(6-13(17)7-12)8-21-14(20)19-9-15(10-19)1-3-18-4-2-15/h5-7,18H,1-4,8-10H2. The van der Waals surface area contributed by atoms with Crippen molar-refractivity contribution in [1.29, 1.82) is 0 Å². The molecule has 2 fully saturated rings. The maximum Gasteiger partial charge on any atom is 0.410 e. The van der Waals surface area contributed by atoms with Gasteiger partial charge in [-0.15, -0.1) is 0 Å². The van der Waals surface area contributed by atoms with Crippen LogP contribution in [-0.4, -0.2) is 37.2 Å². The van der Waals surface area contributed by atoms with Crippen LogP contribution in [0.25, 0.3) is 0 Å². The Hall–Kier alpha value is -0.970. The molecule has 0 radical (unpaired) electrons. The zero-order valence-corrected chi connectivity index (χ0v) is 13.2. The van der Waals surface area contributed by atoms with E-state index in [0.717, 1.165) is 44.6 Å². The molecule has 0 saturated carbocycles. The van der Waals surface area contributed by atoms with Crippen molar-refractivity contribution < 1.29 is 9.53 Å². The minimum Gasteiger partial charge on any atom is -0.445 e. The maximum absolute atomic E-state index is 12.0. The molecule has 0 aromatic heterocycles. The molecule has 1 N–H and O–H groups in total. The molecule has 0 atom stereocenters. The molecule has 1 amide bonds. The number of benzene rings is 1. The third-order valence-corrected chi connectivity index (χ3v) is 4.70. The SMILES string of the molecule is O=C(OCc1cc(Cl)cc(Cl)c1)N1CC2(CCNCC2)C1. The van der Waals surface area contributed by atoms with E-state index in [1.165, 1.54) is 0 Å². The van der Waals surface area contributed by atoms with Gasteiger partial charge in [0.1, 0.15) is 6.61 Å². The maximum atomic E-state index is 12.0. The molecule has 2 heterocycles.